The first-order valence-electron chi connectivity index (χ1n) is 12.7. The number of allylic oxidation sites excluding steroid dienone is 1. The van der Waals surface area contributed by atoms with Crippen LogP contribution in [0.5, 0.6) is 0 Å². The van der Waals surface area contributed by atoms with Gasteiger partial charge in [-0.25, -0.2) is 4.79 Å². The normalized spacial score (nSPS) is 17.2. The minimum absolute atomic E-state index is 0.0164. The summed E-state index contributed by atoms with van der Waals surface area (Å²) in [7, 11) is 0. The SMILES string of the molecule is CC.CCOC(=O)C1=C(C)N(c2cccc(C(F)(F)F)c2)C(N)=C(C(=O)NC2CC2)C1c1ccc(C#N)cc1. The Labute approximate surface area is 225 Å². The molecule has 2 aromatic rings. The van der Waals surface area contributed by atoms with Crippen LogP contribution in [0.4, 0.5) is 18.9 Å². The zero-order chi connectivity index (χ0) is 28.9. The van der Waals surface area contributed by atoms with Gasteiger partial charge in [0.1, 0.15) is 5.82 Å². The van der Waals surface area contributed by atoms with E-state index in [4.69, 9.17) is 10.5 Å². The third-order valence-electron chi connectivity index (χ3n) is 6.28. The van der Waals surface area contributed by atoms with Crippen LogP contribution in [0.3, 0.4) is 0 Å². The minimum Gasteiger partial charge on any atom is -0.463 e. The number of esters is 1. The Morgan fingerprint density at radius 2 is 1.77 bits per heavy atom. The molecule has 10 heteroatoms. The number of nitrogens with two attached hydrogens (primary N) is 1. The Morgan fingerprint density at radius 3 is 2.31 bits per heavy atom. The van der Waals surface area contributed by atoms with Crippen LogP contribution >= 0.6 is 0 Å². The number of rotatable bonds is 6. The number of benzene rings is 2. The number of alkyl halides is 3. The first-order chi connectivity index (χ1) is 18.6. The fraction of sp³-hybridized carbons (Fsp3) is 0.345. The molecule has 1 aliphatic carbocycles. The molecule has 206 valence electrons. The molecule has 1 unspecified atom stereocenters. The minimum atomic E-state index is -4.61. The Morgan fingerprint density at radius 1 is 1.13 bits per heavy atom. The number of amides is 1. The summed E-state index contributed by atoms with van der Waals surface area (Å²) < 4.78 is 45.8. The predicted octanol–water partition coefficient (Wildman–Crippen LogP) is 5.49. The van der Waals surface area contributed by atoms with Crippen LogP contribution in [-0.4, -0.2) is 24.5 Å². The zero-order valence-electron chi connectivity index (χ0n) is 22.2. The summed E-state index contributed by atoms with van der Waals surface area (Å²) in [6.45, 7) is 7.22. The van der Waals surface area contributed by atoms with E-state index in [2.05, 4.69) is 5.32 Å². The van der Waals surface area contributed by atoms with E-state index in [-0.39, 0.29) is 41.0 Å². The van der Waals surface area contributed by atoms with Gasteiger partial charge in [-0.3, -0.25) is 4.79 Å². The molecule has 7 nitrogen and oxygen atoms in total. The van der Waals surface area contributed by atoms with Crippen molar-refractivity contribution in [2.75, 3.05) is 11.5 Å². The van der Waals surface area contributed by atoms with E-state index in [1.54, 1.807) is 38.1 Å². The van der Waals surface area contributed by atoms with Gasteiger partial charge in [0.15, 0.2) is 0 Å². The van der Waals surface area contributed by atoms with E-state index in [9.17, 15) is 28.0 Å². The second-order valence-electron chi connectivity index (χ2n) is 8.82. The monoisotopic (exact) mass is 540 g/mol. The van der Waals surface area contributed by atoms with Crippen LogP contribution < -0.4 is 16.0 Å². The van der Waals surface area contributed by atoms with Gasteiger partial charge in [-0.05, 0) is 62.6 Å². The van der Waals surface area contributed by atoms with E-state index in [1.165, 1.54) is 17.0 Å². The number of nitrogens with one attached hydrogen (secondary N) is 1. The number of carbonyl (C=O) groups excluding carboxylic acids is 2. The highest BCUT2D eigenvalue weighted by molar-refractivity contribution is 6.03. The van der Waals surface area contributed by atoms with Gasteiger partial charge in [0, 0.05) is 17.4 Å². The molecule has 39 heavy (non-hydrogen) atoms. The molecule has 2 aliphatic rings. The van der Waals surface area contributed by atoms with Crippen LogP contribution in [0.2, 0.25) is 0 Å². The summed E-state index contributed by atoms with van der Waals surface area (Å²) >= 11 is 0. The van der Waals surface area contributed by atoms with Crippen LogP contribution in [0.1, 0.15) is 63.1 Å². The molecule has 0 saturated heterocycles. The number of halogens is 3. The fourth-order valence-electron chi connectivity index (χ4n) is 4.37. The van der Waals surface area contributed by atoms with Gasteiger partial charge in [0.2, 0.25) is 0 Å². The topological polar surface area (TPSA) is 108 Å². The van der Waals surface area contributed by atoms with Gasteiger partial charge in [-0.1, -0.05) is 32.0 Å². The predicted molar refractivity (Wildman–Crippen MR) is 141 cm³/mol. The number of nitriles is 1. The summed E-state index contributed by atoms with van der Waals surface area (Å²) in [6.07, 6.45) is -3.03. The van der Waals surface area contributed by atoms with Gasteiger partial charge >= 0.3 is 12.1 Å². The third-order valence-corrected chi connectivity index (χ3v) is 6.28. The van der Waals surface area contributed by atoms with Crippen molar-refractivity contribution in [1.29, 1.82) is 5.26 Å². The molecule has 4 rings (SSSR count). The smallest absolute Gasteiger partial charge is 0.416 e. The van der Waals surface area contributed by atoms with Crippen LogP contribution in [0, 0.1) is 11.3 Å². The van der Waals surface area contributed by atoms with Gasteiger partial charge in [0.05, 0.1) is 40.9 Å². The lowest BCUT2D eigenvalue weighted by Gasteiger charge is -2.37. The molecular formula is C29H31F3N4O3. The molecular weight excluding hydrogens is 509 g/mol. The van der Waals surface area contributed by atoms with Crippen molar-refractivity contribution in [3.05, 3.63) is 87.9 Å². The lowest BCUT2D eigenvalue weighted by molar-refractivity contribution is -0.139. The number of ether oxygens (including phenoxy) is 1. The second kappa shape index (κ2) is 12.1. The molecule has 0 aromatic heterocycles. The highest BCUT2D eigenvalue weighted by Crippen LogP contribution is 2.44. The van der Waals surface area contributed by atoms with Crippen molar-refractivity contribution in [3.8, 4) is 6.07 Å². The van der Waals surface area contributed by atoms with Crippen LogP contribution in [0.15, 0.2) is 71.2 Å². The zero-order valence-corrected chi connectivity index (χ0v) is 22.2. The Balaban J connectivity index is 0.00000205. The highest BCUT2D eigenvalue weighted by Gasteiger charge is 2.42. The molecule has 1 aliphatic heterocycles. The molecule has 1 saturated carbocycles. The van der Waals surface area contributed by atoms with Crippen molar-refractivity contribution in [1.82, 2.24) is 5.32 Å². The molecule has 1 amide bonds. The van der Waals surface area contributed by atoms with Gasteiger partial charge in [-0.2, -0.15) is 18.4 Å². The van der Waals surface area contributed by atoms with Crippen LogP contribution in [0.25, 0.3) is 0 Å². The standard InChI is InChI=1S/C27H25F3N4O3.C2H6/c1-3-37-26(36)21-15(2)34(20-6-4-5-18(13-20)27(28,29)30)24(32)23(25(35)33-19-11-12-19)22(21)17-9-7-16(14-31)8-10-17;1-2/h4-10,13,19,22H,3,11-12,32H2,1-2H3,(H,33,35);1-2H3. The molecule has 1 atom stereocenters. The summed E-state index contributed by atoms with van der Waals surface area (Å²) in [6, 6.07) is 12.8. The maximum atomic E-state index is 13.5. The molecule has 1 fully saturated rings. The molecule has 0 spiro atoms. The van der Waals surface area contributed by atoms with E-state index in [0.717, 1.165) is 25.0 Å². The lowest BCUT2D eigenvalue weighted by atomic mass is 9.80. The van der Waals surface area contributed by atoms with Crippen molar-refractivity contribution < 1.29 is 27.5 Å². The average Bonchev–Trinajstić information content (AvgIpc) is 3.73. The third kappa shape index (κ3) is 6.25. The quantitative estimate of drug-likeness (QED) is 0.469. The van der Waals surface area contributed by atoms with Crippen molar-refractivity contribution in [2.45, 2.75) is 58.7 Å². The number of anilines is 1. The Hall–Kier alpha value is -4.26. The largest absolute Gasteiger partial charge is 0.463 e. The number of carbonyl (C=O) groups is 2. The van der Waals surface area contributed by atoms with E-state index < -0.39 is 29.5 Å². The number of hydrogen-bond acceptors (Lipinski definition) is 6. The van der Waals surface area contributed by atoms with Crippen LogP contribution in [-0.2, 0) is 20.5 Å². The van der Waals surface area contributed by atoms with Gasteiger partial charge in [0.25, 0.3) is 5.91 Å². The molecule has 1 heterocycles. The highest BCUT2D eigenvalue weighted by atomic mass is 19.4. The van der Waals surface area contributed by atoms with E-state index in [1.807, 2.05) is 19.9 Å². The summed E-state index contributed by atoms with van der Waals surface area (Å²) in [5.74, 6) is -2.32. The van der Waals surface area contributed by atoms with Gasteiger partial charge in [-0.15, -0.1) is 0 Å². The van der Waals surface area contributed by atoms with Crippen molar-refractivity contribution >= 4 is 17.6 Å². The average molecular weight is 541 g/mol. The Bertz CT molecular complexity index is 1340. The van der Waals surface area contributed by atoms with Crippen molar-refractivity contribution in [3.63, 3.8) is 0 Å². The van der Waals surface area contributed by atoms with E-state index >= 15 is 0 Å². The first kappa shape index (κ1) is 29.3. The summed E-state index contributed by atoms with van der Waals surface area (Å²) in [4.78, 5) is 28.1. The summed E-state index contributed by atoms with van der Waals surface area (Å²) in [5, 5.41) is 12.1. The molecule has 0 radical (unpaired) electrons. The molecule has 2 aromatic carbocycles. The summed E-state index contributed by atoms with van der Waals surface area (Å²) in [5.41, 5.74) is 6.89. The fourth-order valence-corrected chi connectivity index (χ4v) is 4.37. The number of hydrogen-bond donors (Lipinski definition) is 2. The maximum Gasteiger partial charge on any atom is 0.416 e. The molecule has 0 bridgehead atoms. The Kier molecular flexibility index (Phi) is 9.07. The first-order valence-corrected chi connectivity index (χ1v) is 12.7. The number of nitrogens with zero attached hydrogens (tertiary/aromatic N) is 2. The van der Waals surface area contributed by atoms with Crippen molar-refractivity contribution in [2.24, 2.45) is 5.73 Å². The lowest BCUT2D eigenvalue weighted by Crippen LogP contribution is -2.42. The molecule has 3 N–H and O–H groups in total. The second-order valence-corrected chi connectivity index (χ2v) is 8.82. The maximum absolute atomic E-state index is 13.5. The van der Waals surface area contributed by atoms with Gasteiger partial charge < -0.3 is 20.7 Å². The van der Waals surface area contributed by atoms with E-state index in [0.29, 0.717) is 11.1 Å².